The molecule has 1 aliphatic rings. The number of carbonyl (C=O) groups is 1. The van der Waals surface area contributed by atoms with Crippen molar-refractivity contribution in [3.05, 3.63) is 35.4 Å². The lowest BCUT2D eigenvalue weighted by atomic mass is 10.2. The molecular weight excluding hydrogens is 272 g/mol. The number of hydrogen-bond donors (Lipinski definition) is 1. The standard InChI is InChI=1S/C16H20O5/c1-3-19-15(20-4-2)10-21-12-7-5-11(6-8-12)13-9-14(13)16(17)18/h5-8,15H,3-4,9-10H2,1-2H3,(H,17,18). The number of allylic oxidation sites excluding steroid dienone is 1. The molecule has 0 saturated carbocycles. The summed E-state index contributed by atoms with van der Waals surface area (Å²) in [6.45, 7) is 5.27. The first-order valence-electron chi connectivity index (χ1n) is 7.07. The van der Waals surface area contributed by atoms with E-state index in [4.69, 9.17) is 19.3 Å². The van der Waals surface area contributed by atoms with Crippen LogP contribution in [0.3, 0.4) is 0 Å². The summed E-state index contributed by atoms with van der Waals surface area (Å²) >= 11 is 0. The van der Waals surface area contributed by atoms with Crippen LogP contribution in [-0.4, -0.2) is 37.2 Å². The van der Waals surface area contributed by atoms with Gasteiger partial charge in [-0.05, 0) is 37.1 Å². The van der Waals surface area contributed by atoms with Gasteiger partial charge >= 0.3 is 5.97 Å². The maximum Gasteiger partial charge on any atom is 0.332 e. The summed E-state index contributed by atoms with van der Waals surface area (Å²) in [4.78, 5) is 10.8. The van der Waals surface area contributed by atoms with E-state index < -0.39 is 5.97 Å². The Bertz CT molecular complexity index is 512. The topological polar surface area (TPSA) is 65.0 Å². The van der Waals surface area contributed by atoms with Gasteiger partial charge in [-0.15, -0.1) is 0 Å². The number of carboxylic acid groups (broad SMARTS) is 1. The molecule has 0 heterocycles. The highest BCUT2D eigenvalue weighted by Gasteiger charge is 2.28. The maximum atomic E-state index is 10.8. The van der Waals surface area contributed by atoms with Crippen LogP contribution in [0, 0.1) is 0 Å². The largest absolute Gasteiger partial charge is 0.488 e. The van der Waals surface area contributed by atoms with Gasteiger partial charge in [0.05, 0.1) is 0 Å². The predicted molar refractivity (Wildman–Crippen MR) is 78.1 cm³/mol. The van der Waals surface area contributed by atoms with Crippen LogP contribution in [0.4, 0.5) is 0 Å². The third-order valence-corrected chi connectivity index (χ3v) is 3.14. The van der Waals surface area contributed by atoms with Crippen molar-refractivity contribution in [2.24, 2.45) is 0 Å². The summed E-state index contributed by atoms with van der Waals surface area (Å²) in [6, 6.07) is 7.40. The van der Waals surface area contributed by atoms with Gasteiger partial charge < -0.3 is 19.3 Å². The summed E-state index contributed by atoms with van der Waals surface area (Å²) in [5.41, 5.74) is 2.33. The van der Waals surface area contributed by atoms with Gasteiger partial charge in [0.1, 0.15) is 12.4 Å². The average Bonchev–Trinajstić information content (AvgIpc) is 3.26. The molecule has 114 valence electrons. The summed E-state index contributed by atoms with van der Waals surface area (Å²) in [5, 5.41) is 8.88. The van der Waals surface area contributed by atoms with E-state index in [1.165, 1.54) is 0 Å². The van der Waals surface area contributed by atoms with E-state index in [9.17, 15) is 4.79 Å². The Kier molecular flexibility index (Phi) is 5.36. The van der Waals surface area contributed by atoms with Gasteiger partial charge in [-0.2, -0.15) is 0 Å². The van der Waals surface area contributed by atoms with Crippen LogP contribution in [0.15, 0.2) is 29.8 Å². The van der Waals surface area contributed by atoms with Crippen LogP contribution >= 0.6 is 0 Å². The van der Waals surface area contributed by atoms with Gasteiger partial charge in [-0.25, -0.2) is 4.79 Å². The van der Waals surface area contributed by atoms with E-state index in [0.29, 0.717) is 37.6 Å². The molecule has 0 amide bonds. The molecule has 2 rings (SSSR count). The Labute approximate surface area is 124 Å². The zero-order valence-electron chi connectivity index (χ0n) is 12.3. The van der Waals surface area contributed by atoms with E-state index in [2.05, 4.69) is 0 Å². The normalized spacial score (nSPS) is 13.7. The summed E-state index contributed by atoms with van der Waals surface area (Å²) < 4.78 is 16.4. The van der Waals surface area contributed by atoms with Gasteiger partial charge in [0.15, 0.2) is 6.29 Å². The molecule has 5 heteroatoms. The number of hydrogen-bond acceptors (Lipinski definition) is 4. The van der Waals surface area contributed by atoms with Crippen LogP contribution in [-0.2, 0) is 14.3 Å². The summed E-state index contributed by atoms with van der Waals surface area (Å²) in [5.74, 6) is -0.122. The van der Waals surface area contributed by atoms with Crippen LogP contribution in [0.25, 0.3) is 5.57 Å². The first-order valence-corrected chi connectivity index (χ1v) is 7.07. The van der Waals surface area contributed by atoms with Crippen molar-refractivity contribution in [3.63, 3.8) is 0 Å². The van der Waals surface area contributed by atoms with Crippen molar-refractivity contribution in [1.29, 1.82) is 0 Å². The van der Waals surface area contributed by atoms with Crippen LogP contribution in [0.1, 0.15) is 25.8 Å². The third-order valence-electron chi connectivity index (χ3n) is 3.14. The molecule has 0 bridgehead atoms. The highest BCUT2D eigenvalue weighted by molar-refractivity contribution is 6.07. The van der Waals surface area contributed by atoms with E-state index in [0.717, 1.165) is 11.1 Å². The Balaban J connectivity index is 1.89. The van der Waals surface area contributed by atoms with Crippen molar-refractivity contribution in [1.82, 2.24) is 0 Å². The zero-order valence-corrected chi connectivity index (χ0v) is 12.3. The molecule has 1 N–H and O–H groups in total. The minimum atomic E-state index is -0.832. The maximum absolute atomic E-state index is 10.8. The molecule has 1 aliphatic carbocycles. The quantitative estimate of drug-likeness (QED) is 0.709. The Hall–Kier alpha value is -1.85. The second-order valence-electron chi connectivity index (χ2n) is 4.61. The molecule has 21 heavy (non-hydrogen) atoms. The number of benzene rings is 1. The van der Waals surface area contributed by atoms with Gasteiger partial charge in [-0.3, -0.25) is 0 Å². The minimum Gasteiger partial charge on any atom is -0.488 e. The minimum absolute atomic E-state index is 0.324. The second kappa shape index (κ2) is 7.24. The Morgan fingerprint density at radius 3 is 2.29 bits per heavy atom. The summed E-state index contributed by atoms with van der Waals surface area (Å²) in [7, 11) is 0. The molecule has 5 nitrogen and oxygen atoms in total. The van der Waals surface area contributed by atoms with Gasteiger partial charge in [0.25, 0.3) is 0 Å². The Morgan fingerprint density at radius 1 is 1.19 bits per heavy atom. The molecular formula is C16H20O5. The van der Waals surface area contributed by atoms with Crippen molar-refractivity contribution < 1.29 is 24.1 Å². The van der Waals surface area contributed by atoms with Crippen LogP contribution in [0.5, 0.6) is 5.75 Å². The first-order chi connectivity index (χ1) is 10.2. The van der Waals surface area contributed by atoms with Crippen molar-refractivity contribution in [2.45, 2.75) is 26.6 Å². The van der Waals surface area contributed by atoms with Gasteiger partial charge in [-0.1, -0.05) is 12.1 Å². The molecule has 0 atom stereocenters. The van der Waals surface area contributed by atoms with Crippen LogP contribution < -0.4 is 4.74 Å². The third kappa shape index (κ3) is 4.31. The molecule has 0 aliphatic heterocycles. The summed E-state index contributed by atoms with van der Waals surface area (Å²) in [6.07, 6.45) is 0.191. The van der Waals surface area contributed by atoms with Crippen molar-refractivity contribution >= 4 is 11.5 Å². The first kappa shape index (κ1) is 15.5. The van der Waals surface area contributed by atoms with Crippen molar-refractivity contribution in [3.8, 4) is 5.75 Å². The predicted octanol–water partition coefficient (Wildman–Crippen LogP) is 2.71. The smallest absolute Gasteiger partial charge is 0.332 e. The lowest BCUT2D eigenvalue weighted by Crippen LogP contribution is -2.25. The second-order valence-corrected chi connectivity index (χ2v) is 4.61. The Morgan fingerprint density at radius 2 is 1.81 bits per heavy atom. The SMILES string of the molecule is CCOC(COc1ccc(C2=C(C(=O)O)C2)cc1)OCC. The monoisotopic (exact) mass is 292 g/mol. The molecule has 0 spiro atoms. The molecule has 0 fully saturated rings. The van der Waals surface area contributed by atoms with Gasteiger partial charge in [0, 0.05) is 25.2 Å². The number of ether oxygens (including phenoxy) is 3. The fourth-order valence-electron chi connectivity index (χ4n) is 2.05. The van der Waals surface area contributed by atoms with E-state index >= 15 is 0 Å². The highest BCUT2D eigenvalue weighted by Crippen LogP contribution is 2.40. The van der Waals surface area contributed by atoms with Crippen molar-refractivity contribution in [2.75, 3.05) is 19.8 Å². The zero-order chi connectivity index (χ0) is 15.2. The molecule has 0 unspecified atom stereocenters. The molecule has 1 aromatic rings. The molecule has 1 aromatic carbocycles. The number of aliphatic carboxylic acids is 1. The number of carboxylic acids is 1. The van der Waals surface area contributed by atoms with E-state index in [1.54, 1.807) is 0 Å². The lowest BCUT2D eigenvalue weighted by molar-refractivity contribution is -0.152. The van der Waals surface area contributed by atoms with E-state index in [1.807, 2.05) is 38.1 Å². The number of rotatable bonds is 9. The van der Waals surface area contributed by atoms with Gasteiger partial charge in [0.2, 0.25) is 0 Å². The lowest BCUT2D eigenvalue weighted by Gasteiger charge is -2.17. The fraction of sp³-hybridized carbons (Fsp3) is 0.438. The molecule has 0 aromatic heterocycles. The fourth-order valence-corrected chi connectivity index (χ4v) is 2.05. The van der Waals surface area contributed by atoms with Crippen LogP contribution in [0.2, 0.25) is 0 Å². The van der Waals surface area contributed by atoms with E-state index in [-0.39, 0.29) is 6.29 Å². The molecule has 0 saturated heterocycles. The molecule has 0 radical (unpaired) electrons. The highest BCUT2D eigenvalue weighted by atomic mass is 16.7. The average molecular weight is 292 g/mol.